The minimum atomic E-state index is -1.08. The first-order chi connectivity index (χ1) is 13.3. The molecule has 1 amide bonds. The van der Waals surface area contributed by atoms with Gasteiger partial charge in [-0.2, -0.15) is 5.10 Å². The van der Waals surface area contributed by atoms with Crippen LogP contribution in [0.2, 0.25) is 0 Å². The van der Waals surface area contributed by atoms with E-state index in [1.807, 2.05) is 13.0 Å². The highest BCUT2D eigenvalue weighted by molar-refractivity contribution is 5.97. The Kier molecular flexibility index (Phi) is 6.97. The van der Waals surface area contributed by atoms with E-state index < -0.39 is 18.0 Å². The molecule has 8 nitrogen and oxygen atoms in total. The molecule has 1 atom stereocenters. The van der Waals surface area contributed by atoms with Gasteiger partial charge >= 0.3 is 5.97 Å². The lowest BCUT2D eigenvalue weighted by molar-refractivity contribution is -0.144. The molecule has 0 fully saturated rings. The Bertz CT molecular complexity index is 894. The van der Waals surface area contributed by atoms with E-state index in [-0.39, 0.29) is 0 Å². The molecule has 0 radical (unpaired) electrons. The molecule has 0 aliphatic heterocycles. The summed E-state index contributed by atoms with van der Waals surface area (Å²) in [4.78, 5) is 23.2. The summed E-state index contributed by atoms with van der Waals surface area (Å²) in [6.45, 7) is 3.33. The lowest BCUT2D eigenvalue weighted by Crippen LogP contribution is -2.23. The maximum atomic E-state index is 12.3. The monoisotopic (exact) mass is 386 g/mol. The van der Waals surface area contributed by atoms with Gasteiger partial charge in [0.05, 0.1) is 26.0 Å². The minimum Gasteiger partial charge on any atom is -0.496 e. The lowest BCUT2D eigenvalue weighted by atomic mass is 10.1. The average molecular weight is 386 g/mol. The van der Waals surface area contributed by atoms with Gasteiger partial charge in [-0.05, 0) is 55.3 Å². The number of nitrogens with one attached hydrogen (secondary N) is 1. The van der Waals surface area contributed by atoms with Crippen molar-refractivity contribution in [3.05, 3.63) is 53.1 Å². The zero-order valence-corrected chi connectivity index (χ0v) is 16.1. The third-order valence-electron chi connectivity index (χ3n) is 3.82. The number of hydrogen-bond acceptors (Lipinski definition) is 6. The number of carbonyl (C=O) groups is 2. The fourth-order valence-corrected chi connectivity index (χ4v) is 2.31. The van der Waals surface area contributed by atoms with Crippen molar-refractivity contribution >= 4 is 18.1 Å². The van der Waals surface area contributed by atoms with Crippen LogP contribution >= 0.6 is 0 Å². The van der Waals surface area contributed by atoms with Crippen LogP contribution in [0.15, 0.2) is 41.5 Å². The minimum absolute atomic E-state index is 0.294. The first-order valence-electron chi connectivity index (χ1n) is 8.41. The molecule has 2 aromatic carbocycles. The van der Waals surface area contributed by atoms with Crippen LogP contribution in [0.3, 0.4) is 0 Å². The molecule has 2 aromatic rings. The molecule has 8 heteroatoms. The highest BCUT2D eigenvalue weighted by Gasteiger charge is 2.15. The number of rotatable bonds is 8. The van der Waals surface area contributed by atoms with Crippen molar-refractivity contribution in [2.45, 2.75) is 20.0 Å². The second-order valence-corrected chi connectivity index (χ2v) is 5.91. The number of nitrogens with zero attached hydrogens (tertiary/aromatic N) is 1. The van der Waals surface area contributed by atoms with Crippen LogP contribution < -0.4 is 19.6 Å². The Morgan fingerprint density at radius 3 is 2.43 bits per heavy atom. The fourth-order valence-electron chi connectivity index (χ4n) is 2.31. The van der Waals surface area contributed by atoms with Gasteiger partial charge in [-0.1, -0.05) is 6.07 Å². The molecule has 148 valence electrons. The topological polar surface area (TPSA) is 106 Å². The number of aliphatic carboxylic acids is 1. The summed E-state index contributed by atoms with van der Waals surface area (Å²) >= 11 is 0. The Morgan fingerprint density at radius 1 is 1.07 bits per heavy atom. The molecule has 0 saturated carbocycles. The number of carbonyl (C=O) groups excluding carboxylic acids is 1. The van der Waals surface area contributed by atoms with Crippen LogP contribution in [0.1, 0.15) is 28.4 Å². The van der Waals surface area contributed by atoms with Gasteiger partial charge in [-0.25, -0.2) is 10.2 Å². The number of aryl methyl sites for hydroxylation is 1. The van der Waals surface area contributed by atoms with E-state index in [1.165, 1.54) is 27.4 Å². The third kappa shape index (κ3) is 5.23. The van der Waals surface area contributed by atoms with Gasteiger partial charge in [0.1, 0.15) is 5.75 Å². The normalized spacial score (nSPS) is 11.7. The quantitative estimate of drug-likeness (QED) is 0.534. The van der Waals surface area contributed by atoms with E-state index in [0.717, 1.165) is 5.56 Å². The lowest BCUT2D eigenvalue weighted by Gasteiger charge is -2.14. The summed E-state index contributed by atoms with van der Waals surface area (Å²) in [5, 5.41) is 12.9. The average Bonchev–Trinajstić information content (AvgIpc) is 2.68. The van der Waals surface area contributed by atoms with Crippen molar-refractivity contribution in [2.24, 2.45) is 5.10 Å². The first-order valence-corrected chi connectivity index (χ1v) is 8.41. The van der Waals surface area contributed by atoms with Crippen LogP contribution in [0.5, 0.6) is 17.2 Å². The van der Waals surface area contributed by atoms with Crippen LogP contribution in [0, 0.1) is 6.92 Å². The first kappa shape index (κ1) is 20.8. The predicted molar refractivity (Wildman–Crippen MR) is 104 cm³/mol. The number of hydrazone groups is 1. The fraction of sp³-hybridized carbons (Fsp3) is 0.250. The maximum Gasteiger partial charge on any atom is 0.344 e. The highest BCUT2D eigenvalue weighted by Crippen LogP contribution is 2.28. The molecule has 2 N–H and O–H groups in total. The van der Waals surface area contributed by atoms with E-state index >= 15 is 0 Å². The number of ether oxygens (including phenoxy) is 3. The largest absolute Gasteiger partial charge is 0.496 e. The molecule has 0 heterocycles. The number of hydrogen-bond donors (Lipinski definition) is 2. The smallest absolute Gasteiger partial charge is 0.344 e. The molecule has 0 aliphatic carbocycles. The molecular weight excluding hydrogens is 364 g/mol. The van der Waals surface area contributed by atoms with E-state index in [0.29, 0.717) is 28.4 Å². The summed E-state index contributed by atoms with van der Waals surface area (Å²) < 4.78 is 15.8. The van der Waals surface area contributed by atoms with Gasteiger partial charge in [0, 0.05) is 0 Å². The Balaban J connectivity index is 2.10. The van der Waals surface area contributed by atoms with Crippen molar-refractivity contribution in [1.29, 1.82) is 0 Å². The highest BCUT2D eigenvalue weighted by atomic mass is 16.5. The van der Waals surface area contributed by atoms with E-state index in [2.05, 4.69) is 10.5 Å². The van der Waals surface area contributed by atoms with Crippen molar-refractivity contribution < 1.29 is 28.9 Å². The van der Waals surface area contributed by atoms with E-state index in [1.54, 1.807) is 30.3 Å². The Hall–Kier alpha value is -3.55. The molecule has 2 rings (SSSR count). The third-order valence-corrected chi connectivity index (χ3v) is 3.82. The summed E-state index contributed by atoms with van der Waals surface area (Å²) in [6.07, 6.45) is 0.420. The summed E-state index contributed by atoms with van der Waals surface area (Å²) in [5.74, 6) is -0.382. The second kappa shape index (κ2) is 9.40. The molecular formula is C20H22N2O6. The zero-order valence-electron chi connectivity index (χ0n) is 16.1. The molecule has 0 aliphatic rings. The molecule has 28 heavy (non-hydrogen) atoms. The standard InChI is InChI=1S/C20H22N2O6/c1-12-5-7-15(17(9-12)26-3)19(23)22-21-11-14-6-8-16(18(10-14)27-4)28-13(2)20(24)25/h5-11,13H,1-4H3,(H,22,23)(H,24,25)/b21-11-/t13-/m0/s1. The van der Waals surface area contributed by atoms with Gasteiger partial charge in [0.25, 0.3) is 5.91 Å². The number of carboxylic acids is 1. The van der Waals surface area contributed by atoms with Crippen molar-refractivity contribution in [1.82, 2.24) is 5.43 Å². The van der Waals surface area contributed by atoms with E-state index in [9.17, 15) is 9.59 Å². The Labute approximate surface area is 162 Å². The zero-order chi connectivity index (χ0) is 20.7. The van der Waals surface area contributed by atoms with Crippen molar-refractivity contribution in [2.75, 3.05) is 14.2 Å². The molecule has 0 saturated heterocycles. The summed E-state index contributed by atoms with van der Waals surface area (Å²) in [5.41, 5.74) is 4.41. The van der Waals surface area contributed by atoms with Crippen LogP contribution in [0.4, 0.5) is 0 Å². The van der Waals surface area contributed by atoms with Gasteiger partial charge in [0.2, 0.25) is 0 Å². The Morgan fingerprint density at radius 2 is 1.79 bits per heavy atom. The van der Waals surface area contributed by atoms with Crippen molar-refractivity contribution in [3.8, 4) is 17.2 Å². The van der Waals surface area contributed by atoms with Crippen LogP contribution in [0.25, 0.3) is 0 Å². The molecule has 0 unspecified atom stereocenters. The van der Waals surface area contributed by atoms with Crippen molar-refractivity contribution in [3.63, 3.8) is 0 Å². The van der Waals surface area contributed by atoms with Gasteiger partial charge in [-0.3, -0.25) is 4.79 Å². The summed E-state index contributed by atoms with van der Waals surface area (Å²) in [6, 6.07) is 10.1. The summed E-state index contributed by atoms with van der Waals surface area (Å²) in [7, 11) is 2.94. The van der Waals surface area contributed by atoms with Crippen LogP contribution in [-0.2, 0) is 4.79 Å². The SMILES string of the molecule is COc1cc(/C=N\NC(=O)c2ccc(C)cc2OC)ccc1O[C@@H](C)C(=O)O. The predicted octanol–water partition coefficient (Wildman–Crippen LogP) is 2.63. The molecule has 0 aromatic heterocycles. The maximum absolute atomic E-state index is 12.3. The van der Waals surface area contributed by atoms with E-state index in [4.69, 9.17) is 19.3 Å². The number of methoxy groups -OCH3 is 2. The second-order valence-electron chi connectivity index (χ2n) is 5.91. The van der Waals surface area contributed by atoms with Gasteiger partial charge < -0.3 is 19.3 Å². The number of carboxylic acid groups (broad SMARTS) is 1. The molecule has 0 spiro atoms. The molecule has 0 bridgehead atoms. The van der Waals surface area contributed by atoms with Gasteiger partial charge in [-0.15, -0.1) is 0 Å². The van der Waals surface area contributed by atoms with Gasteiger partial charge in [0.15, 0.2) is 17.6 Å². The number of benzene rings is 2. The number of amides is 1. The van der Waals surface area contributed by atoms with Crippen LogP contribution in [-0.4, -0.2) is 43.5 Å².